The maximum absolute atomic E-state index is 12.3. The summed E-state index contributed by atoms with van der Waals surface area (Å²) in [7, 11) is 1.73. The lowest BCUT2D eigenvalue weighted by atomic mass is 10.0. The second-order valence-corrected chi connectivity index (χ2v) is 5.74. The van der Waals surface area contributed by atoms with Gasteiger partial charge in [0.1, 0.15) is 0 Å². The molecular weight excluding hydrogens is 326 g/mol. The van der Waals surface area contributed by atoms with E-state index in [-0.39, 0.29) is 12.4 Å². The van der Waals surface area contributed by atoms with Gasteiger partial charge in [-0.15, -0.1) is 0 Å². The molecule has 0 fully saturated rings. The molecule has 0 aliphatic heterocycles. The van der Waals surface area contributed by atoms with Gasteiger partial charge in [0, 0.05) is 18.3 Å². The van der Waals surface area contributed by atoms with E-state index in [0.717, 1.165) is 11.1 Å². The Hall–Kier alpha value is -3.40. The molecule has 3 rings (SSSR count). The van der Waals surface area contributed by atoms with Gasteiger partial charge in [-0.1, -0.05) is 66.7 Å². The van der Waals surface area contributed by atoms with Gasteiger partial charge >= 0.3 is 5.97 Å². The lowest BCUT2D eigenvalue weighted by Crippen LogP contribution is -2.15. The third-order valence-electron chi connectivity index (χ3n) is 4.06. The Morgan fingerprint density at radius 3 is 2.12 bits per heavy atom. The lowest BCUT2D eigenvalue weighted by molar-refractivity contribution is 0.0475. The van der Waals surface area contributed by atoms with E-state index in [1.165, 1.54) is 0 Å². The summed E-state index contributed by atoms with van der Waals surface area (Å²) < 4.78 is 5.17. The molecule has 3 aromatic rings. The van der Waals surface area contributed by atoms with Crippen molar-refractivity contribution < 1.29 is 14.3 Å². The number of ketones is 1. The molecule has 0 saturated carbocycles. The number of benzene rings is 3. The summed E-state index contributed by atoms with van der Waals surface area (Å²) >= 11 is 0. The first-order valence-electron chi connectivity index (χ1n) is 8.31. The number of para-hydroxylation sites is 1. The zero-order valence-electron chi connectivity index (χ0n) is 14.4. The average molecular weight is 345 g/mol. The van der Waals surface area contributed by atoms with E-state index < -0.39 is 5.97 Å². The number of Topliss-reactive ketones (excluding diaryl/α,β-unsaturated/α-hetero) is 1. The van der Waals surface area contributed by atoms with Crippen LogP contribution in [0.2, 0.25) is 0 Å². The van der Waals surface area contributed by atoms with Crippen LogP contribution in [-0.4, -0.2) is 25.4 Å². The van der Waals surface area contributed by atoms with Crippen LogP contribution in [-0.2, 0) is 4.74 Å². The fourth-order valence-corrected chi connectivity index (χ4v) is 2.65. The minimum atomic E-state index is -0.524. The highest BCUT2D eigenvalue weighted by molar-refractivity contribution is 6.01. The monoisotopic (exact) mass is 345 g/mol. The largest absolute Gasteiger partial charge is 0.454 e. The van der Waals surface area contributed by atoms with Crippen molar-refractivity contribution in [3.05, 3.63) is 90.0 Å². The van der Waals surface area contributed by atoms with Crippen LogP contribution in [0, 0.1) is 0 Å². The highest BCUT2D eigenvalue weighted by atomic mass is 16.5. The first-order valence-corrected chi connectivity index (χ1v) is 8.31. The summed E-state index contributed by atoms with van der Waals surface area (Å²) in [6.07, 6.45) is 0. The van der Waals surface area contributed by atoms with Gasteiger partial charge in [-0.2, -0.15) is 0 Å². The van der Waals surface area contributed by atoms with Crippen molar-refractivity contribution in [1.82, 2.24) is 0 Å². The number of esters is 1. The quantitative estimate of drug-likeness (QED) is 0.530. The van der Waals surface area contributed by atoms with Crippen molar-refractivity contribution >= 4 is 17.4 Å². The van der Waals surface area contributed by atoms with Crippen LogP contribution in [0.5, 0.6) is 0 Å². The molecule has 0 saturated heterocycles. The minimum Gasteiger partial charge on any atom is -0.454 e. The molecule has 0 unspecified atom stereocenters. The second kappa shape index (κ2) is 8.12. The molecule has 0 heterocycles. The highest BCUT2D eigenvalue weighted by Gasteiger charge is 2.14. The third kappa shape index (κ3) is 3.98. The van der Waals surface area contributed by atoms with Gasteiger partial charge in [-0.3, -0.25) is 4.79 Å². The van der Waals surface area contributed by atoms with Crippen molar-refractivity contribution in [2.75, 3.05) is 19.0 Å². The predicted octanol–water partition coefficient (Wildman–Crippen LogP) is 4.44. The maximum Gasteiger partial charge on any atom is 0.340 e. The molecule has 0 atom stereocenters. The number of nitrogens with one attached hydrogen (secondary N) is 1. The number of anilines is 1. The lowest BCUT2D eigenvalue weighted by Gasteiger charge is -2.09. The van der Waals surface area contributed by atoms with Crippen LogP contribution >= 0.6 is 0 Å². The smallest absolute Gasteiger partial charge is 0.340 e. The zero-order chi connectivity index (χ0) is 18.4. The van der Waals surface area contributed by atoms with E-state index in [1.807, 2.05) is 48.5 Å². The molecule has 26 heavy (non-hydrogen) atoms. The van der Waals surface area contributed by atoms with Crippen molar-refractivity contribution in [1.29, 1.82) is 0 Å². The van der Waals surface area contributed by atoms with Crippen LogP contribution in [0.3, 0.4) is 0 Å². The van der Waals surface area contributed by atoms with Crippen molar-refractivity contribution in [3.8, 4) is 11.1 Å². The summed E-state index contributed by atoms with van der Waals surface area (Å²) in [5, 5.41) is 2.93. The summed E-state index contributed by atoms with van der Waals surface area (Å²) in [6, 6.07) is 24.2. The first-order chi connectivity index (χ1) is 12.7. The SMILES string of the molecule is CNc1ccccc1C(=O)OCC(=O)c1ccc(-c2ccccc2)cc1. The predicted molar refractivity (Wildman–Crippen MR) is 102 cm³/mol. The van der Waals surface area contributed by atoms with Gasteiger partial charge in [-0.05, 0) is 23.3 Å². The van der Waals surface area contributed by atoms with Crippen LogP contribution in [0.15, 0.2) is 78.9 Å². The Morgan fingerprint density at radius 1 is 0.808 bits per heavy atom. The van der Waals surface area contributed by atoms with Gasteiger partial charge in [0.25, 0.3) is 0 Å². The Bertz CT molecular complexity index is 902. The van der Waals surface area contributed by atoms with Gasteiger partial charge in [0.2, 0.25) is 0 Å². The summed E-state index contributed by atoms with van der Waals surface area (Å²) in [6.45, 7) is -0.290. The molecule has 0 aromatic heterocycles. The number of hydrogen-bond donors (Lipinski definition) is 1. The molecule has 0 aliphatic rings. The Morgan fingerprint density at radius 2 is 1.42 bits per heavy atom. The van der Waals surface area contributed by atoms with Gasteiger partial charge in [0.15, 0.2) is 12.4 Å². The molecular formula is C22H19NO3. The molecule has 4 nitrogen and oxygen atoms in total. The van der Waals surface area contributed by atoms with Crippen LogP contribution in [0.4, 0.5) is 5.69 Å². The van der Waals surface area contributed by atoms with E-state index in [9.17, 15) is 9.59 Å². The van der Waals surface area contributed by atoms with Crippen molar-refractivity contribution in [2.45, 2.75) is 0 Å². The average Bonchev–Trinajstić information content (AvgIpc) is 2.72. The first kappa shape index (κ1) is 17.4. The molecule has 3 aromatic carbocycles. The Balaban J connectivity index is 1.64. The molecule has 0 amide bonds. The molecule has 0 aliphatic carbocycles. The van der Waals surface area contributed by atoms with Crippen LogP contribution in [0.25, 0.3) is 11.1 Å². The number of carbonyl (C=O) groups is 2. The van der Waals surface area contributed by atoms with E-state index in [4.69, 9.17) is 4.74 Å². The van der Waals surface area contributed by atoms with Gasteiger partial charge < -0.3 is 10.1 Å². The number of carbonyl (C=O) groups excluding carboxylic acids is 2. The van der Waals surface area contributed by atoms with E-state index >= 15 is 0 Å². The zero-order valence-corrected chi connectivity index (χ0v) is 14.4. The third-order valence-corrected chi connectivity index (χ3v) is 4.06. The molecule has 0 bridgehead atoms. The van der Waals surface area contributed by atoms with E-state index in [1.54, 1.807) is 37.4 Å². The summed E-state index contributed by atoms with van der Waals surface area (Å²) in [5.74, 6) is -0.760. The Kier molecular flexibility index (Phi) is 5.44. The van der Waals surface area contributed by atoms with Crippen LogP contribution < -0.4 is 5.32 Å². The fourth-order valence-electron chi connectivity index (χ4n) is 2.65. The topological polar surface area (TPSA) is 55.4 Å². The molecule has 4 heteroatoms. The molecule has 0 spiro atoms. The summed E-state index contributed by atoms with van der Waals surface area (Å²) in [4.78, 5) is 24.5. The number of rotatable bonds is 6. The van der Waals surface area contributed by atoms with Crippen LogP contribution in [0.1, 0.15) is 20.7 Å². The normalized spacial score (nSPS) is 10.2. The van der Waals surface area contributed by atoms with Gasteiger partial charge in [0.05, 0.1) is 5.56 Å². The minimum absolute atomic E-state index is 0.236. The van der Waals surface area contributed by atoms with Gasteiger partial charge in [-0.25, -0.2) is 4.79 Å². The second-order valence-electron chi connectivity index (χ2n) is 5.74. The van der Waals surface area contributed by atoms with E-state index in [2.05, 4.69) is 5.32 Å². The standard InChI is InChI=1S/C22H19NO3/c1-23-20-10-6-5-9-19(20)22(25)26-15-21(24)18-13-11-17(12-14-18)16-7-3-2-4-8-16/h2-14,23H,15H2,1H3. The summed E-state index contributed by atoms with van der Waals surface area (Å²) in [5.41, 5.74) is 3.70. The maximum atomic E-state index is 12.3. The molecule has 0 radical (unpaired) electrons. The number of ether oxygens (including phenoxy) is 1. The number of hydrogen-bond acceptors (Lipinski definition) is 4. The van der Waals surface area contributed by atoms with Crippen molar-refractivity contribution in [2.24, 2.45) is 0 Å². The van der Waals surface area contributed by atoms with E-state index in [0.29, 0.717) is 16.8 Å². The van der Waals surface area contributed by atoms with Crippen molar-refractivity contribution in [3.63, 3.8) is 0 Å². The molecule has 130 valence electrons. The molecule has 1 N–H and O–H groups in total. The Labute approximate surface area is 152 Å². The highest BCUT2D eigenvalue weighted by Crippen LogP contribution is 2.20. The fraction of sp³-hybridized carbons (Fsp3) is 0.0909.